The molecule has 1 rings (SSSR count). The quantitative estimate of drug-likeness (QED) is 0.866. The average Bonchev–Trinajstić information content (AvgIpc) is 2.23. The molecule has 0 saturated heterocycles. The number of hydrogen-bond donors (Lipinski definition) is 1. The Morgan fingerprint density at radius 2 is 2.12 bits per heavy atom. The summed E-state index contributed by atoms with van der Waals surface area (Å²) in [6.45, 7) is 8.05. The van der Waals surface area contributed by atoms with E-state index < -0.39 is 0 Å². The molecule has 0 amide bonds. The summed E-state index contributed by atoms with van der Waals surface area (Å²) < 4.78 is 5.93. The molecular weight excluding hydrogens is 282 g/mol. The third kappa shape index (κ3) is 3.73. The lowest BCUT2D eigenvalue weighted by Crippen LogP contribution is -2.28. The Morgan fingerprint density at radius 3 is 2.65 bits per heavy atom. The number of ether oxygens (including phenoxy) is 1. The predicted octanol–water partition coefficient (Wildman–Crippen LogP) is 3.43. The molecule has 0 saturated carbocycles. The first kappa shape index (κ1) is 14.0. The lowest BCUT2D eigenvalue weighted by molar-refractivity contribution is -0.143. The Bertz CT molecular complexity index is 395. The zero-order valence-corrected chi connectivity index (χ0v) is 12.2. The Kier molecular flexibility index (Phi) is 5.00. The highest BCUT2D eigenvalue weighted by atomic mass is 79.9. The van der Waals surface area contributed by atoms with Gasteiger partial charge in [0.25, 0.3) is 0 Å². The number of esters is 1. The van der Waals surface area contributed by atoms with E-state index >= 15 is 0 Å². The Hall–Kier alpha value is -1.03. The number of benzene rings is 1. The van der Waals surface area contributed by atoms with Crippen molar-refractivity contribution in [3.8, 4) is 0 Å². The van der Waals surface area contributed by atoms with E-state index in [4.69, 9.17) is 4.74 Å². The first-order valence-electron chi connectivity index (χ1n) is 5.65. The maximum absolute atomic E-state index is 11.5. The fourth-order valence-corrected chi connectivity index (χ4v) is 2.43. The molecule has 1 aromatic carbocycles. The minimum atomic E-state index is -0.354. The normalized spacial score (nSPS) is 12.1. The van der Waals surface area contributed by atoms with Crippen LogP contribution in [0.3, 0.4) is 0 Å². The largest absolute Gasteiger partial charge is 0.464 e. The number of nitrogens with one attached hydrogen (secondary N) is 1. The molecule has 1 atom stereocenters. The first-order valence-corrected chi connectivity index (χ1v) is 6.45. The fourth-order valence-electron chi connectivity index (χ4n) is 1.64. The van der Waals surface area contributed by atoms with Crippen molar-refractivity contribution in [2.24, 2.45) is 0 Å². The molecule has 0 aliphatic carbocycles. The van der Waals surface area contributed by atoms with Crippen molar-refractivity contribution >= 4 is 27.6 Å². The van der Waals surface area contributed by atoms with Gasteiger partial charge in [-0.05, 0) is 60.8 Å². The minimum absolute atomic E-state index is 0.237. The summed E-state index contributed by atoms with van der Waals surface area (Å²) in [6.07, 6.45) is 0. The van der Waals surface area contributed by atoms with Crippen LogP contribution in [0, 0.1) is 13.8 Å². The van der Waals surface area contributed by atoms with Gasteiger partial charge < -0.3 is 10.1 Å². The lowest BCUT2D eigenvalue weighted by Gasteiger charge is -2.17. The number of hydrogen-bond acceptors (Lipinski definition) is 3. The standard InChI is InChI=1S/C13H18BrNO2/c1-5-17-13(16)10(4)15-12-9(3)6-8(2)7-11(12)14/h6-7,10,15H,5H2,1-4H3. The first-order chi connectivity index (χ1) is 7.95. The highest BCUT2D eigenvalue weighted by Gasteiger charge is 2.16. The molecule has 0 aromatic heterocycles. The zero-order valence-electron chi connectivity index (χ0n) is 10.6. The Morgan fingerprint density at radius 1 is 1.47 bits per heavy atom. The summed E-state index contributed by atoms with van der Waals surface area (Å²) in [5.74, 6) is -0.237. The molecule has 0 heterocycles. The van der Waals surface area contributed by atoms with Crippen molar-refractivity contribution in [2.45, 2.75) is 33.7 Å². The summed E-state index contributed by atoms with van der Waals surface area (Å²) in [7, 11) is 0. The second-order valence-electron chi connectivity index (χ2n) is 4.06. The second kappa shape index (κ2) is 6.05. The average molecular weight is 300 g/mol. The summed E-state index contributed by atoms with van der Waals surface area (Å²) >= 11 is 3.50. The van der Waals surface area contributed by atoms with E-state index in [1.165, 1.54) is 5.56 Å². The van der Waals surface area contributed by atoms with Crippen molar-refractivity contribution in [1.29, 1.82) is 0 Å². The monoisotopic (exact) mass is 299 g/mol. The maximum atomic E-state index is 11.5. The molecule has 94 valence electrons. The van der Waals surface area contributed by atoms with Crippen LogP contribution in [-0.2, 0) is 9.53 Å². The van der Waals surface area contributed by atoms with E-state index in [1.807, 2.05) is 19.9 Å². The maximum Gasteiger partial charge on any atom is 0.328 e. The molecule has 0 spiro atoms. The van der Waals surface area contributed by atoms with Gasteiger partial charge in [0.1, 0.15) is 6.04 Å². The van der Waals surface area contributed by atoms with Crippen molar-refractivity contribution in [3.05, 3.63) is 27.7 Å². The summed E-state index contributed by atoms with van der Waals surface area (Å²) in [4.78, 5) is 11.5. The van der Waals surface area contributed by atoms with Crippen LogP contribution in [0.2, 0.25) is 0 Å². The molecule has 3 nitrogen and oxygen atoms in total. The Balaban J connectivity index is 2.85. The molecule has 4 heteroatoms. The number of anilines is 1. The van der Waals surface area contributed by atoms with Gasteiger partial charge in [-0.15, -0.1) is 0 Å². The van der Waals surface area contributed by atoms with Crippen LogP contribution in [0.4, 0.5) is 5.69 Å². The molecular formula is C13H18BrNO2. The van der Waals surface area contributed by atoms with Crippen LogP contribution < -0.4 is 5.32 Å². The van der Waals surface area contributed by atoms with Crippen LogP contribution in [0.15, 0.2) is 16.6 Å². The van der Waals surface area contributed by atoms with Crippen molar-refractivity contribution in [3.63, 3.8) is 0 Å². The van der Waals surface area contributed by atoms with Crippen molar-refractivity contribution in [2.75, 3.05) is 11.9 Å². The van der Waals surface area contributed by atoms with Gasteiger partial charge in [-0.2, -0.15) is 0 Å². The number of carbonyl (C=O) groups excluding carboxylic acids is 1. The number of rotatable bonds is 4. The van der Waals surface area contributed by atoms with Crippen LogP contribution in [0.5, 0.6) is 0 Å². The highest BCUT2D eigenvalue weighted by Crippen LogP contribution is 2.28. The van der Waals surface area contributed by atoms with E-state index in [0.29, 0.717) is 6.61 Å². The van der Waals surface area contributed by atoms with E-state index in [9.17, 15) is 4.79 Å². The van der Waals surface area contributed by atoms with Crippen LogP contribution in [0.1, 0.15) is 25.0 Å². The number of halogens is 1. The topological polar surface area (TPSA) is 38.3 Å². The highest BCUT2D eigenvalue weighted by molar-refractivity contribution is 9.10. The number of carbonyl (C=O) groups is 1. The van der Waals surface area contributed by atoms with E-state index in [-0.39, 0.29) is 12.0 Å². The number of aryl methyl sites for hydroxylation is 2. The third-order valence-corrected chi connectivity index (χ3v) is 3.06. The Labute approximate surface area is 111 Å². The molecule has 0 bridgehead atoms. The SMILES string of the molecule is CCOC(=O)C(C)Nc1c(C)cc(C)cc1Br. The molecule has 1 aromatic rings. The van der Waals surface area contributed by atoms with Gasteiger partial charge in [0.15, 0.2) is 0 Å². The molecule has 0 fully saturated rings. The van der Waals surface area contributed by atoms with E-state index in [1.54, 1.807) is 13.8 Å². The van der Waals surface area contributed by atoms with Gasteiger partial charge in [0.05, 0.1) is 12.3 Å². The van der Waals surface area contributed by atoms with Crippen molar-refractivity contribution in [1.82, 2.24) is 0 Å². The van der Waals surface area contributed by atoms with Gasteiger partial charge in [0, 0.05) is 4.47 Å². The van der Waals surface area contributed by atoms with E-state index in [2.05, 4.69) is 27.3 Å². The molecule has 0 aliphatic rings. The molecule has 17 heavy (non-hydrogen) atoms. The fraction of sp³-hybridized carbons (Fsp3) is 0.462. The van der Waals surface area contributed by atoms with Crippen LogP contribution in [0.25, 0.3) is 0 Å². The van der Waals surface area contributed by atoms with Gasteiger partial charge in [-0.1, -0.05) is 6.07 Å². The minimum Gasteiger partial charge on any atom is -0.464 e. The van der Waals surface area contributed by atoms with Gasteiger partial charge >= 0.3 is 5.97 Å². The molecule has 1 N–H and O–H groups in total. The summed E-state index contributed by atoms with van der Waals surface area (Å²) in [5.41, 5.74) is 3.23. The van der Waals surface area contributed by atoms with Crippen LogP contribution >= 0.6 is 15.9 Å². The molecule has 1 unspecified atom stereocenters. The predicted molar refractivity (Wildman–Crippen MR) is 73.3 cm³/mol. The summed E-state index contributed by atoms with van der Waals surface area (Å²) in [5, 5.41) is 3.17. The van der Waals surface area contributed by atoms with Crippen molar-refractivity contribution < 1.29 is 9.53 Å². The molecule has 0 radical (unpaired) electrons. The van der Waals surface area contributed by atoms with E-state index in [0.717, 1.165) is 15.7 Å². The van der Waals surface area contributed by atoms with Gasteiger partial charge in [-0.25, -0.2) is 4.79 Å². The lowest BCUT2D eigenvalue weighted by atomic mass is 10.1. The molecule has 0 aliphatic heterocycles. The van der Waals surface area contributed by atoms with Crippen LogP contribution in [-0.4, -0.2) is 18.6 Å². The van der Waals surface area contributed by atoms with Gasteiger partial charge in [0.2, 0.25) is 0 Å². The summed E-state index contributed by atoms with van der Waals surface area (Å²) in [6, 6.07) is 3.74. The second-order valence-corrected chi connectivity index (χ2v) is 4.91. The van der Waals surface area contributed by atoms with Gasteiger partial charge in [-0.3, -0.25) is 0 Å². The smallest absolute Gasteiger partial charge is 0.328 e. The third-order valence-electron chi connectivity index (χ3n) is 2.43. The zero-order chi connectivity index (χ0) is 13.0.